The van der Waals surface area contributed by atoms with Gasteiger partial charge in [-0.05, 0) is 24.3 Å². The summed E-state index contributed by atoms with van der Waals surface area (Å²) in [4.78, 5) is 9.20. The lowest BCUT2D eigenvalue weighted by atomic mass is 10.1. The Hall–Kier alpha value is -2.70. The van der Waals surface area contributed by atoms with Gasteiger partial charge in [-0.3, -0.25) is 0 Å². The molecular formula is C20H27N5O. The quantitative estimate of drug-likeness (QED) is 0.488. The highest BCUT2D eigenvalue weighted by Crippen LogP contribution is 2.29. The molecule has 0 radical (unpaired) electrons. The maximum atomic E-state index is 10.1. The van der Waals surface area contributed by atoms with Crippen LogP contribution in [0.5, 0.6) is 5.75 Å². The molecule has 0 unspecified atom stereocenters. The number of para-hydroxylation sites is 2. The molecule has 0 spiro atoms. The second-order valence-corrected chi connectivity index (χ2v) is 5.40. The summed E-state index contributed by atoms with van der Waals surface area (Å²) >= 11 is 0. The Bertz CT molecular complexity index is 822. The molecule has 1 heterocycles. The molecule has 0 atom stereocenters. The van der Waals surface area contributed by atoms with E-state index in [1.54, 1.807) is 12.1 Å². The van der Waals surface area contributed by atoms with Gasteiger partial charge in [-0.25, -0.2) is 9.97 Å². The molecule has 0 saturated heterocycles. The Kier molecular flexibility index (Phi) is 7.79. The normalized spacial score (nSPS) is 10.3. The van der Waals surface area contributed by atoms with Crippen LogP contribution < -0.4 is 16.4 Å². The SMILES string of the molecule is CC.NCCNCCNc1nc(-c2ccccc2O)nc2ccccc12. The number of fused-ring (bicyclic) bond motifs is 1. The number of benzene rings is 2. The van der Waals surface area contributed by atoms with Crippen molar-refractivity contribution in [2.75, 3.05) is 31.5 Å². The van der Waals surface area contributed by atoms with E-state index < -0.39 is 0 Å². The van der Waals surface area contributed by atoms with Crippen molar-refractivity contribution in [2.24, 2.45) is 5.73 Å². The number of phenolic OH excluding ortho intramolecular Hbond substituents is 1. The van der Waals surface area contributed by atoms with E-state index in [4.69, 9.17) is 5.73 Å². The number of nitrogens with two attached hydrogens (primary N) is 1. The standard InChI is InChI=1S/C18H21N5O.C2H6/c19-9-10-20-11-12-21-17-13-5-1-3-7-15(13)22-18(23-17)14-6-2-4-8-16(14)24;1-2/h1-8,20,24H,9-12,19H2,(H,21,22,23);1-2H3. The van der Waals surface area contributed by atoms with Crippen LogP contribution >= 0.6 is 0 Å². The summed E-state index contributed by atoms with van der Waals surface area (Å²) in [5.41, 5.74) is 6.92. The summed E-state index contributed by atoms with van der Waals surface area (Å²) in [6, 6.07) is 14.9. The lowest BCUT2D eigenvalue weighted by molar-refractivity contribution is 0.477. The zero-order valence-corrected chi connectivity index (χ0v) is 15.4. The smallest absolute Gasteiger partial charge is 0.165 e. The number of hydrogen-bond donors (Lipinski definition) is 4. The van der Waals surface area contributed by atoms with Crippen molar-refractivity contribution in [1.82, 2.24) is 15.3 Å². The zero-order chi connectivity index (χ0) is 18.8. The number of phenols is 1. The highest BCUT2D eigenvalue weighted by atomic mass is 16.3. The molecule has 2 aromatic carbocycles. The van der Waals surface area contributed by atoms with Crippen molar-refractivity contribution in [3.05, 3.63) is 48.5 Å². The fraction of sp³-hybridized carbons (Fsp3) is 0.300. The van der Waals surface area contributed by atoms with Gasteiger partial charge in [0.1, 0.15) is 11.6 Å². The van der Waals surface area contributed by atoms with Gasteiger partial charge in [0.05, 0.1) is 11.1 Å². The van der Waals surface area contributed by atoms with Gasteiger partial charge >= 0.3 is 0 Å². The van der Waals surface area contributed by atoms with E-state index in [9.17, 15) is 5.11 Å². The minimum Gasteiger partial charge on any atom is -0.507 e. The fourth-order valence-electron chi connectivity index (χ4n) is 2.49. The van der Waals surface area contributed by atoms with Gasteiger partial charge in [-0.15, -0.1) is 0 Å². The lowest BCUT2D eigenvalue weighted by Crippen LogP contribution is -2.27. The number of hydrogen-bond acceptors (Lipinski definition) is 6. The molecule has 1 aromatic heterocycles. The molecular weight excluding hydrogens is 326 g/mol. The first kappa shape index (κ1) is 19.6. The van der Waals surface area contributed by atoms with E-state index in [0.717, 1.165) is 36.4 Å². The summed E-state index contributed by atoms with van der Waals surface area (Å²) < 4.78 is 0. The number of aromatic nitrogens is 2. The van der Waals surface area contributed by atoms with Gasteiger partial charge in [0, 0.05) is 31.6 Å². The highest BCUT2D eigenvalue weighted by molar-refractivity contribution is 5.90. The Labute approximate surface area is 154 Å². The second kappa shape index (κ2) is 10.3. The molecule has 0 bridgehead atoms. The molecule has 6 nitrogen and oxygen atoms in total. The van der Waals surface area contributed by atoms with Crippen LogP contribution in [0.25, 0.3) is 22.3 Å². The fourth-order valence-corrected chi connectivity index (χ4v) is 2.49. The first-order chi connectivity index (χ1) is 12.8. The number of nitrogens with zero attached hydrogens (tertiary/aromatic N) is 2. The summed E-state index contributed by atoms with van der Waals surface area (Å²) in [5.74, 6) is 1.43. The van der Waals surface area contributed by atoms with Crippen LogP contribution in [-0.4, -0.2) is 41.3 Å². The molecule has 26 heavy (non-hydrogen) atoms. The molecule has 5 N–H and O–H groups in total. The largest absolute Gasteiger partial charge is 0.507 e. The third-order valence-corrected chi connectivity index (χ3v) is 3.66. The number of rotatable bonds is 7. The maximum Gasteiger partial charge on any atom is 0.165 e. The van der Waals surface area contributed by atoms with Gasteiger partial charge in [0.2, 0.25) is 0 Å². The summed E-state index contributed by atoms with van der Waals surface area (Å²) in [6.07, 6.45) is 0. The third-order valence-electron chi connectivity index (χ3n) is 3.66. The van der Waals surface area contributed by atoms with Crippen molar-refractivity contribution in [3.63, 3.8) is 0 Å². The van der Waals surface area contributed by atoms with E-state index in [1.165, 1.54) is 0 Å². The molecule has 0 fully saturated rings. The Morgan fingerprint density at radius 1 is 0.923 bits per heavy atom. The topological polar surface area (TPSA) is 96.1 Å². The van der Waals surface area contributed by atoms with Gasteiger partial charge in [-0.1, -0.05) is 38.1 Å². The summed E-state index contributed by atoms with van der Waals surface area (Å²) in [7, 11) is 0. The molecule has 3 rings (SSSR count). The monoisotopic (exact) mass is 353 g/mol. The van der Waals surface area contributed by atoms with Crippen molar-refractivity contribution in [2.45, 2.75) is 13.8 Å². The predicted molar refractivity (Wildman–Crippen MR) is 108 cm³/mol. The molecule has 0 amide bonds. The first-order valence-electron chi connectivity index (χ1n) is 8.99. The maximum absolute atomic E-state index is 10.1. The van der Waals surface area contributed by atoms with E-state index >= 15 is 0 Å². The van der Waals surface area contributed by atoms with Crippen LogP contribution in [0.1, 0.15) is 13.8 Å². The minimum absolute atomic E-state index is 0.170. The Balaban J connectivity index is 0.00000117. The number of anilines is 1. The Morgan fingerprint density at radius 3 is 2.42 bits per heavy atom. The average Bonchev–Trinajstić information content (AvgIpc) is 2.69. The van der Waals surface area contributed by atoms with Crippen molar-refractivity contribution in [1.29, 1.82) is 0 Å². The van der Waals surface area contributed by atoms with E-state index in [2.05, 4.69) is 20.6 Å². The highest BCUT2D eigenvalue weighted by Gasteiger charge is 2.11. The van der Waals surface area contributed by atoms with E-state index in [1.807, 2.05) is 50.2 Å². The summed E-state index contributed by atoms with van der Waals surface area (Å²) in [6.45, 7) is 6.92. The number of nitrogens with one attached hydrogen (secondary N) is 2. The predicted octanol–water partition coefficient (Wildman–Crippen LogP) is 2.99. The van der Waals surface area contributed by atoms with Crippen molar-refractivity contribution >= 4 is 16.7 Å². The first-order valence-corrected chi connectivity index (χ1v) is 8.99. The van der Waals surface area contributed by atoms with Gasteiger partial charge < -0.3 is 21.5 Å². The zero-order valence-electron chi connectivity index (χ0n) is 15.4. The van der Waals surface area contributed by atoms with Crippen LogP contribution in [0.15, 0.2) is 48.5 Å². The molecule has 0 aliphatic carbocycles. The molecule has 6 heteroatoms. The van der Waals surface area contributed by atoms with Gasteiger partial charge in [0.15, 0.2) is 5.82 Å². The third kappa shape index (κ3) is 4.91. The van der Waals surface area contributed by atoms with Crippen LogP contribution in [0, 0.1) is 0 Å². The van der Waals surface area contributed by atoms with Gasteiger partial charge in [-0.2, -0.15) is 0 Å². The van der Waals surface area contributed by atoms with Gasteiger partial charge in [0.25, 0.3) is 0 Å². The molecule has 0 aliphatic heterocycles. The van der Waals surface area contributed by atoms with Crippen LogP contribution in [0.4, 0.5) is 5.82 Å². The minimum atomic E-state index is 0.170. The van der Waals surface area contributed by atoms with Crippen LogP contribution in [-0.2, 0) is 0 Å². The average molecular weight is 353 g/mol. The summed E-state index contributed by atoms with van der Waals surface area (Å²) in [5, 5.41) is 17.6. The molecule has 138 valence electrons. The Morgan fingerprint density at radius 2 is 1.65 bits per heavy atom. The number of aromatic hydroxyl groups is 1. The second-order valence-electron chi connectivity index (χ2n) is 5.40. The molecule has 0 saturated carbocycles. The van der Waals surface area contributed by atoms with E-state index in [0.29, 0.717) is 17.9 Å². The van der Waals surface area contributed by atoms with Crippen LogP contribution in [0.2, 0.25) is 0 Å². The van der Waals surface area contributed by atoms with E-state index in [-0.39, 0.29) is 5.75 Å². The van der Waals surface area contributed by atoms with Crippen molar-refractivity contribution < 1.29 is 5.11 Å². The van der Waals surface area contributed by atoms with Crippen LogP contribution in [0.3, 0.4) is 0 Å². The molecule has 3 aromatic rings. The lowest BCUT2D eigenvalue weighted by Gasteiger charge is -2.12. The molecule has 0 aliphatic rings. The van der Waals surface area contributed by atoms with Crippen molar-refractivity contribution in [3.8, 4) is 17.1 Å².